The summed E-state index contributed by atoms with van der Waals surface area (Å²) in [6.07, 6.45) is 9.07. The zero-order valence-corrected chi connectivity index (χ0v) is 37.4. The van der Waals surface area contributed by atoms with E-state index in [2.05, 4.69) is 99.3 Å². The smallest absolute Gasteiger partial charge is 0.305 e. The summed E-state index contributed by atoms with van der Waals surface area (Å²) >= 11 is 0. The molecule has 0 bridgehead atoms. The predicted molar refractivity (Wildman–Crippen MR) is 205 cm³/mol. The van der Waals surface area contributed by atoms with E-state index in [1.165, 1.54) is 26.4 Å². The van der Waals surface area contributed by atoms with E-state index in [1.54, 1.807) is 0 Å². The maximum atomic E-state index is 12.2. The van der Waals surface area contributed by atoms with E-state index in [0.29, 0.717) is 41.9 Å². The summed E-state index contributed by atoms with van der Waals surface area (Å²) in [5, 5.41) is 0. The van der Waals surface area contributed by atoms with Crippen LogP contribution in [0.2, 0.25) is 78.6 Å². The van der Waals surface area contributed by atoms with E-state index in [9.17, 15) is 4.79 Å². The second-order valence-corrected chi connectivity index (χ2v) is 38.3. The highest BCUT2D eigenvalue weighted by molar-refractivity contribution is 6.70. The fraction of sp³-hybridized carbons (Fsp3) is 0.973. The van der Waals surface area contributed by atoms with E-state index in [4.69, 9.17) is 22.4 Å². The molecule has 47 heavy (non-hydrogen) atoms. The first-order valence-electron chi connectivity index (χ1n) is 19.1. The van der Waals surface area contributed by atoms with E-state index in [0.717, 1.165) is 25.7 Å². The van der Waals surface area contributed by atoms with Crippen molar-refractivity contribution in [1.29, 1.82) is 0 Å². The van der Waals surface area contributed by atoms with Gasteiger partial charge in [-0.2, -0.15) is 0 Å². The molecular formula is C37H74O6Si4. The minimum Gasteiger partial charge on any atom is -0.469 e. The van der Waals surface area contributed by atoms with E-state index in [1.807, 2.05) is 0 Å². The predicted octanol–water partition coefficient (Wildman–Crippen LogP) is 9.94. The molecule has 0 aliphatic heterocycles. The van der Waals surface area contributed by atoms with Crippen LogP contribution in [0.3, 0.4) is 0 Å². The fourth-order valence-corrected chi connectivity index (χ4v) is 15.7. The van der Waals surface area contributed by atoms with Crippen LogP contribution in [0.1, 0.15) is 72.1 Å². The van der Waals surface area contributed by atoms with Crippen LogP contribution in [0.15, 0.2) is 0 Å². The average molecular weight is 727 g/mol. The highest BCUT2D eigenvalue weighted by atomic mass is 28.4. The Labute approximate surface area is 294 Å². The molecule has 10 heteroatoms. The van der Waals surface area contributed by atoms with Crippen molar-refractivity contribution in [2.24, 2.45) is 46.3 Å². The molecular weight excluding hydrogens is 653 g/mol. The monoisotopic (exact) mass is 726 g/mol. The molecule has 0 N–H and O–H groups in total. The first kappa shape index (κ1) is 40.0. The zero-order chi connectivity index (χ0) is 35.5. The molecule has 0 amide bonds. The summed E-state index contributed by atoms with van der Waals surface area (Å²) in [6.45, 7) is 36.0. The Balaban J connectivity index is 1.81. The van der Waals surface area contributed by atoms with Crippen LogP contribution >= 0.6 is 0 Å². The summed E-state index contributed by atoms with van der Waals surface area (Å²) in [5.74, 6) is 2.91. The molecule has 4 unspecified atom stereocenters. The van der Waals surface area contributed by atoms with Gasteiger partial charge in [0.15, 0.2) is 33.3 Å². The van der Waals surface area contributed by atoms with Crippen LogP contribution in [0.5, 0.6) is 0 Å². The lowest BCUT2D eigenvalue weighted by Crippen LogP contribution is -2.67. The summed E-state index contributed by atoms with van der Waals surface area (Å²) in [5.41, 5.74) is 0.220. The van der Waals surface area contributed by atoms with E-state index < -0.39 is 33.3 Å². The topological polar surface area (TPSA) is 63.2 Å². The first-order chi connectivity index (χ1) is 21.3. The number of ether oxygens (including phenoxy) is 1. The van der Waals surface area contributed by atoms with Gasteiger partial charge in [-0.05, 0) is 170 Å². The third-order valence-electron chi connectivity index (χ3n) is 12.5. The third-order valence-corrected chi connectivity index (χ3v) is 16.5. The number of carbonyl (C=O) groups is 1. The van der Waals surface area contributed by atoms with Gasteiger partial charge in [0.25, 0.3) is 0 Å². The van der Waals surface area contributed by atoms with Crippen molar-refractivity contribution in [3.05, 3.63) is 0 Å². The lowest BCUT2D eigenvalue weighted by molar-refractivity contribution is -0.219. The molecule has 0 saturated heterocycles. The van der Waals surface area contributed by atoms with Gasteiger partial charge in [-0.3, -0.25) is 4.79 Å². The van der Waals surface area contributed by atoms with Crippen molar-refractivity contribution in [3.8, 4) is 0 Å². The molecule has 0 aromatic rings. The summed E-state index contributed by atoms with van der Waals surface area (Å²) in [7, 11) is -5.81. The number of rotatable bonds is 12. The minimum atomic E-state index is -1.85. The van der Waals surface area contributed by atoms with E-state index in [-0.39, 0.29) is 41.2 Å². The second kappa shape index (κ2) is 14.0. The molecule has 0 aromatic carbocycles. The highest BCUT2D eigenvalue weighted by Gasteiger charge is 2.68. The molecule has 0 aromatic heterocycles. The molecule has 4 fully saturated rings. The van der Waals surface area contributed by atoms with Crippen molar-refractivity contribution in [1.82, 2.24) is 0 Å². The van der Waals surface area contributed by atoms with Crippen LogP contribution in [-0.4, -0.2) is 70.8 Å². The Kier molecular flexibility index (Phi) is 11.9. The number of methoxy groups -OCH3 is 1. The second-order valence-electron chi connectivity index (χ2n) is 20.5. The van der Waals surface area contributed by atoms with Gasteiger partial charge >= 0.3 is 5.97 Å². The van der Waals surface area contributed by atoms with Crippen LogP contribution in [0.25, 0.3) is 0 Å². The Morgan fingerprint density at radius 2 is 1.26 bits per heavy atom. The standard InChI is InChI=1S/C37H74O6Si4/c1-25(17-20-33(38)39-4)26-18-19-27-34-28(24-32(37(26,27)3)42-46(11,12)13)36(2)22-21-30(40-44(5,6)7)35(43-47(14,15)16)29(36)23-31(34)41-45(8,9)10/h25-32,34-35H,17-24H2,1-16H3/t25?,26-,27?,28?,29-,30-,31-,32+,34?,35-,36-,37-/m1/s1. The van der Waals surface area contributed by atoms with Crippen molar-refractivity contribution in [2.75, 3.05) is 7.11 Å². The summed E-state index contributed by atoms with van der Waals surface area (Å²) in [6, 6.07) is 0. The maximum absolute atomic E-state index is 12.2. The molecule has 0 radical (unpaired) electrons. The van der Waals surface area contributed by atoms with Gasteiger partial charge in [0.05, 0.1) is 25.4 Å². The van der Waals surface area contributed by atoms with Crippen molar-refractivity contribution in [3.63, 3.8) is 0 Å². The van der Waals surface area contributed by atoms with Crippen molar-refractivity contribution < 1.29 is 27.2 Å². The van der Waals surface area contributed by atoms with Gasteiger partial charge < -0.3 is 22.4 Å². The van der Waals surface area contributed by atoms with Gasteiger partial charge in [-0.1, -0.05) is 20.8 Å². The Morgan fingerprint density at radius 1 is 0.702 bits per heavy atom. The van der Waals surface area contributed by atoms with Gasteiger partial charge in [0.1, 0.15) is 0 Å². The lowest BCUT2D eigenvalue weighted by atomic mass is 9.42. The molecule has 4 aliphatic carbocycles. The number of esters is 1. The van der Waals surface area contributed by atoms with Gasteiger partial charge in [-0.15, -0.1) is 0 Å². The molecule has 0 heterocycles. The van der Waals surface area contributed by atoms with Crippen LogP contribution in [0.4, 0.5) is 0 Å². The van der Waals surface area contributed by atoms with Gasteiger partial charge in [0.2, 0.25) is 0 Å². The van der Waals surface area contributed by atoms with Crippen molar-refractivity contribution in [2.45, 2.75) is 175 Å². The van der Waals surface area contributed by atoms with Crippen LogP contribution < -0.4 is 0 Å². The fourth-order valence-electron chi connectivity index (χ4n) is 11.1. The number of carbonyl (C=O) groups excluding carboxylic acids is 1. The summed E-state index contributed by atoms with van der Waals surface area (Å²) in [4.78, 5) is 12.2. The quantitative estimate of drug-likeness (QED) is 0.147. The molecule has 0 spiro atoms. The van der Waals surface area contributed by atoms with Gasteiger partial charge in [-0.25, -0.2) is 0 Å². The highest BCUT2D eigenvalue weighted by Crippen LogP contribution is 2.70. The Hall–Kier alpha value is 0.178. The largest absolute Gasteiger partial charge is 0.469 e. The van der Waals surface area contributed by atoms with E-state index >= 15 is 0 Å². The van der Waals surface area contributed by atoms with Crippen LogP contribution in [-0.2, 0) is 27.2 Å². The normalized spacial score (nSPS) is 40.3. The minimum absolute atomic E-state index is 0.0631. The molecule has 4 aliphatic rings. The number of fused-ring (bicyclic) bond motifs is 5. The average Bonchev–Trinajstić information content (AvgIpc) is 3.25. The molecule has 274 valence electrons. The Bertz CT molecular complexity index is 1090. The number of hydrogen-bond acceptors (Lipinski definition) is 6. The first-order valence-corrected chi connectivity index (χ1v) is 32.7. The van der Waals surface area contributed by atoms with Crippen molar-refractivity contribution >= 4 is 39.2 Å². The van der Waals surface area contributed by atoms with Crippen LogP contribution in [0, 0.1) is 46.3 Å². The summed E-state index contributed by atoms with van der Waals surface area (Å²) < 4.78 is 34.2. The number of hydrogen-bond donors (Lipinski definition) is 0. The molecule has 12 atom stereocenters. The molecule has 4 saturated carbocycles. The molecule has 6 nitrogen and oxygen atoms in total. The Morgan fingerprint density at radius 3 is 1.79 bits per heavy atom. The van der Waals surface area contributed by atoms with Gasteiger partial charge in [0, 0.05) is 12.5 Å². The molecule has 4 rings (SSSR count). The zero-order valence-electron chi connectivity index (χ0n) is 33.4. The third kappa shape index (κ3) is 8.98. The lowest BCUT2D eigenvalue weighted by Gasteiger charge is -2.67. The SMILES string of the molecule is COC(=O)CCC(C)[C@H]1CCC2C3C(C[C@H](O[Si](C)(C)C)[C@@]21C)[C@@]1(C)CC[C@@H](O[Si](C)(C)C)[C@H](O[Si](C)(C)C)[C@H]1C[C@H]3O[Si](C)(C)C. The maximum Gasteiger partial charge on any atom is 0.305 e.